The topological polar surface area (TPSA) is 205 Å². The van der Waals surface area contributed by atoms with E-state index in [1.165, 1.54) is 45.0 Å². The van der Waals surface area contributed by atoms with Gasteiger partial charge in [0.2, 0.25) is 5.91 Å². The van der Waals surface area contributed by atoms with Crippen molar-refractivity contribution in [1.29, 1.82) is 0 Å². The molecule has 40 heavy (non-hydrogen) atoms. The van der Waals surface area contributed by atoms with Gasteiger partial charge in [0.1, 0.15) is 30.0 Å². The first-order valence-corrected chi connectivity index (χ1v) is 13.5. The maximum Gasteiger partial charge on any atom is 0.514 e. The highest BCUT2D eigenvalue weighted by Gasteiger charge is 2.33. The zero-order valence-electron chi connectivity index (χ0n) is 23.2. The van der Waals surface area contributed by atoms with Crippen molar-refractivity contribution in [2.75, 3.05) is 31.2 Å². The van der Waals surface area contributed by atoms with Gasteiger partial charge in [-0.2, -0.15) is 0 Å². The zero-order valence-corrected chi connectivity index (χ0v) is 24.0. The van der Waals surface area contributed by atoms with Gasteiger partial charge in [-0.05, 0) is 64.9 Å². The molecule has 15 nitrogen and oxygen atoms in total. The first-order valence-electron chi connectivity index (χ1n) is 12.0. The fourth-order valence-corrected chi connectivity index (χ4v) is 3.48. The lowest BCUT2D eigenvalue weighted by Gasteiger charge is -2.22. The van der Waals surface area contributed by atoms with Crippen molar-refractivity contribution in [1.82, 2.24) is 10.8 Å². The SMILES string of the molecule is CC(C[S+]([O-])CCNC(=O)CONCC(C)(C)C(=O)OOC(=O)C(C)(C)C)OC(=O)Oc1ccc([N+](=O)[O-])cc1. The lowest BCUT2D eigenvalue weighted by Crippen LogP contribution is -2.40. The summed E-state index contributed by atoms with van der Waals surface area (Å²) in [5.74, 6) is -1.92. The third-order valence-corrected chi connectivity index (χ3v) is 6.30. The van der Waals surface area contributed by atoms with Gasteiger partial charge in [0.25, 0.3) is 5.69 Å². The van der Waals surface area contributed by atoms with E-state index in [-0.39, 0.29) is 36.0 Å². The number of rotatable bonds is 14. The largest absolute Gasteiger partial charge is 0.616 e. The Kier molecular flexibility index (Phi) is 13.8. The number of nitro benzene ring substituents is 1. The smallest absolute Gasteiger partial charge is 0.514 e. The van der Waals surface area contributed by atoms with Crippen LogP contribution < -0.4 is 15.5 Å². The number of nitro groups is 1. The number of carbonyl (C=O) groups is 4. The average Bonchev–Trinajstić information content (AvgIpc) is 2.84. The molecule has 0 heterocycles. The molecule has 16 heteroatoms. The van der Waals surface area contributed by atoms with Gasteiger partial charge in [-0.1, -0.05) is 0 Å². The summed E-state index contributed by atoms with van der Waals surface area (Å²) < 4.78 is 22.1. The number of carbonyl (C=O) groups excluding carboxylic acids is 4. The number of hydrogen-bond acceptors (Lipinski definition) is 13. The summed E-state index contributed by atoms with van der Waals surface area (Å²) in [6.07, 6.45) is -1.82. The Morgan fingerprint density at radius 2 is 1.62 bits per heavy atom. The molecule has 0 aliphatic carbocycles. The fourth-order valence-electron chi connectivity index (χ4n) is 2.39. The third kappa shape index (κ3) is 13.5. The Hall–Kier alpha value is -3.47. The molecule has 0 aromatic heterocycles. The zero-order chi connectivity index (χ0) is 30.5. The van der Waals surface area contributed by atoms with Crippen LogP contribution in [0, 0.1) is 20.9 Å². The number of hydrogen-bond donors (Lipinski definition) is 2. The van der Waals surface area contributed by atoms with E-state index in [4.69, 9.17) is 14.3 Å². The Labute approximate surface area is 234 Å². The molecule has 0 saturated heterocycles. The summed E-state index contributed by atoms with van der Waals surface area (Å²) in [6, 6.07) is 4.82. The first-order chi connectivity index (χ1) is 18.5. The fraction of sp³-hybridized carbons (Fsp3) is 0.583. The predicted molar refractivity (Wildman–Crippen MR) is 140 cm³/mol. The van der Waals surface area contributed by atoms with Crippen molar-refractivity contribution < 1.29 is 52.7 Å². The van der Waals surface area contributed by atoms with Crippen LogP contribution in [-0.2, 0) is 44.9 Å². The molecule has 1 aromatic carbocycles. The molecule has 0 fully saturated rings. The minimum absolute atomic E-state index is 0.0144. The molecule has 0 aliphatic heterocycles. The van der Waals surface area contributed by atoms with Crippen molar-refractivity contribution in [3.8, 4) is 5.75 Å². The van der Waals surface area contributed by atoms with Crippen molar-refractivity contribution in [2.24, 2.45) is 10.8 Å². The van der Waals surface area contributed by atoms with E-state index in [0.29, 0.717) is 0 Å². The number of non-ortho nitro benzene ring substituents is 1. The van der Waals surface area contributed by atoms with E-state index in [2.05, 4.69) is 20.6 Å². The molecule has 224 valence electrons. The van der Waals surface area contributed by atoms with Crippen LogP contribution in [0.3, 0.4) is 0 Å². The van der Waals surface area contributed by atoms with E-state index in [1.807, 2.05) is 0 Å². The molecule has 1 rings (SSSR count). The van der Waals surface area contributed by atoms with Crippen LogP contribution in [0.2, 0.25) is 0 Å². The molecular formula is C24H35N3O12S. The number of amides is 1. The number of benzene rings is 1. The van der Waals surface area contributed by atoms with Gasteiger partial charge in [-0.15, -0.1) is 0 Å². The van der Waals surface area contributed by atoms with E-state index in [0.717, 1.165) is 0 Å². The lowest BCUT2D eigenvalue weighted by atomic mass is 9.94. The van der Waals surface area contributed by atoms with Crippen LogP contribution in [0.5, 0.6) is 5.75 Å². The Morgan fingerprint density at radius 1 is 1.02 bits per heavy atom. The summed E-state index contributed by atoms with van der Waals surface area (Å²) in [5, 5.41) is 13.2. The Morgan fingerprint density at radius 3 is 2.20 bits per heavy atom. The minimum Gasteiger partial charge on any atom is -0.616 e. The van der Waals surface area contributed by atoms with E-state index in [9.17, 15) is 33.8 Å². The highest BCUT2D eigenvalue weighted by Crippen LogP contribution is 2.20. The first kappa shape index (κ1) is 34.6. The molecule has 1 amide bonds. The number of nitrogens with one attached hydrogen (secondary N) is 2. The molecule has 2 atom stereocenters. The lowest BCUT2D eigenvalue weighted by molar-refractivity contribution is -0.384. The van der Waals surface area contributed by atoms with E-state index in [1.54, 1.807) is 20.8 Å². The van der Waals surface area contributed by atoms with Gasteiger partial charge in [-0.3, -0.25) is 19.7 Å². The van der Waals surface area contributed by atoms with Gasteiger partial charge < -0.3 is 19.3 Å². The molecule has 1 aromatic rings. The quantitative estimate of drug-likeness (QED) is 0.0606. The van der Waals surface area contributed by atoms with Crippen LogP contribution in [0.15, 0.2) is 24.3 Å². The minimum atomic E-state index is -1.44. The van der Waals surface area contributed by atoms with Gasteiger partial charge in [0, 0.05) is 18.7 Å². The molecule has 0 bridgehead atoms. The molecule has 0 spiro atoms. The van der Waals surface area contributed by atoms with Crippen LogP contribution in [0.4, 0.5) is 10.5 Å². The van der Waals surface area contributed by atoms with Crippen molar-refractivity contribution in [3.63, 3.8) is 0 Å². The van der Waals surface area contributed by atoms with Gasteiger partial charge >= 0.3 is 18.1 Å². The predicted octanol–water partition coefficient (Wildman–Crippen LogP) is 1.96. The normalized spacial score (nSPS) is 13.0. The summed E-state index contributed by atoms with van der Waals surface area (Å²) in [5.41, 5.74) is 0.324. The summed E-state index contributed by atoms with van der Waals surface area (Å²) in [6.45, 7) is 8.98. The second-order valence-corrected chi connectivity index (χ2v) is 11.8. The van der Waals surface area contributed by atoms with Gasteiger partial charge in [-0.25, -0.2) is 29.6 Å². The summed E-state index contributed by atoms with van der Waals surface area (Å²) in [4.78, 5) is 71.8. The molecule has 0 saturated carbocycles. The highest BCUT2D eigenvalue weighted by molar-refractivity contribution is 7.91. The average molecular weight is 590 g/mol. The molecule has 0 radical (unpaired) electrons. The Balaban J connectivity index is 2.23. The standard InChI is InChI=1S/C24H35N3O12S/c1-16(36-22(31)37-18-9-7-17(8-10-18)27(32)33)14-40(34)12-11-25-19(28)13-35-26-15-24(5,6)21(30)39-38-20(29)23(2,3)4/h7-10,16,26H,11-15H2,1-6H3,(H,25,28). The molecule has 2 unspecified atom stereocenters. The second kappa shape index (κ2) is 16.0. The van der Waals surface area contributed by atoms with Crippen LogP contribution in [-0.4, -0.2) is 70.8 Å². The maximum absolute atomic E-state index is 12.2. The summed E-state index contributed by atoms with van der Waals surface area (Å²) >= 11 is -1.44. The summed E-state index contributed by atoms with van der Waals surface area (Å²) in [7, 11) is 0. The van der Waals surface area contributed by atoms with Gasteiger partial charge in [0.15, 0.2) is 0 Å². The maximum atomic E-state index is 12.2. The van der Waals surface area contributed by atoms with E-state index >= 15 is 0 Å². The van der Waals surface area contributed by atoms with Crippen molar-refractivity contribution >= 4 is 40.9 Å². The van der Waals surface area contributed by atoms with Crippen molar-refractivity contribution in [3.05, 3.63) is 34.4 Å². The molecule has 0 aliphatic rings. The van der Waals surface area contributed by atoms with Crippen LogP contribution in [0.25, 0.3) is 0 Å². The number of nitrogens with zero attached hydrogens (tertiary/aromatic N) is 1. The molecule has 2 N–H and O–H groups in total. The van der Waals surface area contributed by atoms with Crippen LogP contribution >= 0.6 is 0 Å². The van der Waals surface area contributed by atoms with Crippen LogP contribution in [0.1, 0.15) is 41.5 Å². The number of ether oxygens (including phenoxy) is 2. The second-order valence-electron chi connectivity index (χ2n) is 10.2. The number of hydroxylamine groups is 1. The highest BCUT2D eigenvalue weighted by atomic mass is 32.2. The van der Waals surface area contributed by atoms with Crippen molar-refractivity contribution in [2.45, 2.75) is 47.6 Å². The Bertz CT molecular complexity index is 1030. The van der Waals surface area contributed by atoms with E-state index < -0.39 is 63.6 Å². The third-order valence-electron chi connectivity index (χ3n) is 4.80. The molecular weight excluding hydrogens is 554 g/mol. The van der Waals surface area contributed by atoms with Gasteiger partial charge in [0.05, 0.1) is 22.3 Å². The monoisotopic (exact) mass is 589 g/mol.